The van der Waals surface area contributed by atoms with E-state index in [1.165, 1.54) is 0 Å². The van der Waals surface area contributed by atoms with Crippen LogP contribution in [0.2, 0.25) is 0 Å². The van der Waals surface area contributed by atoms with E-state index in [0.717, 1.165) is 44.0 Å². The molecule has 2 N–H and O–H groups in total. The Morgan fingerprint density at radius 3 is 2.57 bits per heavy atom. The lowest BCUT2D eigenvalue weighted by molar-refractivity contribution is 0.0989. The summed E-state index contributed by atoms with van der Waals surface area (Å²) in [5.41, 5.74) is 9.99. The molecule has 1 fully saturated rings. The van der Waals surface area contributed by atoms with E-state index in [0.29, 0.717) is 23.6 Å². The highest BCUT2D eigenvalue weighted by molar-refractivity contribution is 6.02. The van der Waals surface area contributed by atoms with E-state index in [2.05, 4.69) is 24.8 Å². The Balaban J connectivity index is 2.49. The van der Waals surface area contributed by atoms with Crippen molar-refractivity contribution in [3.8, 4) is 0 Å². The van der Waals surface area contributed by atoms with E-state index in [1.54, 1.807) is 0 Å². The summed E-state index contributed by atoms with van der Waals surface area (Å²) in [6, 6.07) is 3.95. The molecule has 0 amide bonds. The van der Waals surface area contributed by atoms with Crippen LogP contribution in [0.25, 0.3) is 0 Å². The lowest BCUT2D eigenvalue weighted by Gasteiger charge is -2.33. The van der Waals surface area contributed by atoms with Crippen LogP contribution in [0.5, 0.6) is 0 Å². The zero-order chi connectivity index (χ0) is 15.4. The van der Waals surface area contributed by atoms with Crippen LogP contribution in [0, 0.1) is 0 Å². The monoisotopic (exact) mass is 290 g/mol. The van der Waals surface area contributed by atoms with Gasteiger partial charge in [0.25, 0.3) is 0 Å². The van der Waals surface area contributed by atoms with Gasteiger partial charge in [0.2, 0.25) is 0 Å². The van der Waals surface area contributed by atoms with Gasteiger partial charge >= 0.3 is 0 Å². The molecule has 4 heteroatoms. The maximum atomic E-state index is 12.1. The van der Waals surface area contributed by atoms with Crippen molar-refractivity contribution in [1.82, 2.24) is 0 Å². The summed E-state index contributed by atoms with van der Waals surface area (Å²) in [4.78, 5) is 14.4. The van der Waals surface area contributed by atoms with Crippen LogP contribution in [-0.4, -0.2) is 32.1 Å². The predicted molar refractivity (Wildman–Crippen MR) is 87.2 cm³/mol. The second-order valence-corrected chi connectivity index (χ2v) is 5.65. The van der Waals surface area contributed by atoms with Gasteiger partial charge in [0.05, 0.1) is 13.2 Å². The fourth-order valence-electron chi connectivity index (χ4n) is 2.86. The Morgan fingerprint density at radius 1 is 1.33 bits per heavy atom. The van der Waals surface area contributed by atoms with E-state index in [4.69, 9.17) is 10.5 Å². The van der Waals surface area contributed by atoms with Gasteiger partial charge in [-0.2, -0.15) is 0 Å². The maximum absolute atomic E-state index is 12.1. The summed E-state index contributed by atoms with van der Waals surface area (Å²) in [5, 5.41) is 0. The molecule has 1 aliphatic rings. The molecule has 0 aromatic heterocycles. The van der Waals surface area contributed by atoms with Gasteiger partial charge in [-0.25, -0.2) is 0 Å². The van der Waals surface area contributed by atoms with Gasteiger partial charge in [0, 0.05) is 42.0 Å². The molecule has 21 heavy (non-hydrogen) atoms. The van der Waals surface area contributed by atoms with Crippen molar-refractivity contribution in [2.75, 3.05) is 36.9 Å². The van der Waals surface area contributed by atoms with Crippen LogP contribution >= 0.6 is 0 Å². The summed E-state index contributed by atoms with van der Waals surface area (Å²) in [5.74, 6) is 0.457. The molecule has 0 bridgehead atoms. The molecule has 2 rings (SSSR count). The maximum Gasteiger partial charge on any atom is 0.164 e. The van der Waals surface area contributed by atoms with Gasteiger partial charge in [0.15, 0.2) is 5.78 Å². The molecule has 1 aliphatic heterocycles. The number of hydrogen-bond acceptors (Lipinski definition) is 4. The molecule has 0 radical (unpaired) electrons. The minimum Gasteiger partial charge on any atom is -0.398 e. The smallest absolute Gasteiger partial charge is 0.164 e. The number of nitrogens with two attached hydrogens (primary N) is 1. The standard InChI is InChI=1S/C17H26N2O2/c1-4-12(3)16-14(19-8-10-21-11-9-19)7-6-13(17(16)18)15(20)5-2/h6-7,12H,4-5,8-11,18H2,1-3H3. The highest BCUT2D eigenvalue weighted by atomic mass is 16.5. The van der Waals surface area contributed by atoms with Crippen LogP contribution in [0.1, 0.15) is 55.5 Å². The Hall–Kier alpha value is -1.55. The summed E-state index contributed by atoms with van der Waals surface area (Å²) in [7, 11) is 0. The molecule has 0 aliphatic carbocycles. The molecule has 1 saturated heterocycles. The van der Waals surface area contributed by atoms with Gasteiger partial charge < -0.3 is 15.4 Å². The number of morpholine rings is 1. The van der Waals surface area contributed by atoms with Crippen molar-refractivity contribution in [1.29, 1.82) is 0 Å². The molecule has 1 atom stereocenters. The van der Waals surface area contributed by atoms with Crippen LogP contribution in [-0.2, 0) is 4.74 Å². The average Bonchev–Trinajstić information content (AvgIpc) is 2.53. The van der Waals surface area contributed by atoms with Crippen molar-refractivity contribution in [3.05, 3.63) is 23.3 Å². The number of nitrogen functional groups attached to an aromatic ring is 1. The van der Waals surface area contributed by atoms with E-state index in [9.17, 15) is 4.79 Å². The number of ketones is 1. The zero-order valence-electron chi connectivity index (χ0n) is 13.3. The number of anilines is 2. The van der Waals surface area contributed by atoms with Crippen LogP contribution in [0.15, 0.2) is 12.1 Å². The van der Waals surface area contributed by atoms with E-state index < -0.39 is 0 Å². The number of benzene rings is 1. The summed E-state index contributed by atoms with van der Waals surface area (Å²) >= 11 is 0. The number of ether oxygens (including phenoxy) is 1. The minimum absolute atomic E-state index is 0.116. The highest BCUT2D eigenvalue weighted by Gasteiger charge is 2.22. The zero-order valence-corrected chi connectivity index (χ0v) is 13.3. The first-order valence-electron chi connectivity index (χ1n) is 7.88. The quantitative estimate of drug-likeness (QED) is 0.668. The largest absolute Gasteiger partial charge is 0.398 e. The Labute approximate surface area is 127 Å². The molecule has 0 spiro atoms. The Kier molecular flexibility index (Phi) is 5.23. The second-order valence-electron chi connectivity index (χ2n) is 5.65. The van der Waals surface area contributed by atoms with Gasteiger partial charge in [0.1, 0.15) is 0 Å². The Morgan fingerprint density at radius 2 is 2.00 bits per heavy atom. The molecule has 116 valence electrons. The number of carbonyl (C=O) groups excluding carboxylic acids is 1. The number of rotatable bonds is 5. The van der Waals surface area contributed by atoms with E-state index in [1.807, 2.05) is 13.0 Å². The topological polar surface area (TPSA) is 55.6 Å². The van der Waals surface area contributed by atoms with Crippen molar-refractivity contribution in [2.45, 2.75) is 39.5 Å². The molecule has 1 aromatic rings. The molecule has 4 nitrogen and oxygen atoms in total. The number of carbonyl (C=O) groups is 1. The highest BCUT2D eigenvalue weighted by Crippen LogP contribution is 2.37. The molecule has 1 heterocycles. The third-order valence-electron chi connectivity index (χ3n) is 4.34. The minimum atomic E-state index is 0.116. The number of nitrogens with zero attached hydrogens (tertiary/aromatic N) is 1. The number of hydrogen-bond donors (Lipinski definition) is 1. The Bertz CT molecular complexity index is 508. The van der Waals surface area contributed by atoms with Crippen molar-refractivity contribution >= 4 is 17.2 Å². The lowest BCUT2D eigenvalue weighted by Crippen LogP contribution is -2.37. The predicted octanol–water partition coefficient (Wildman–Crippen LogP) is 3.21. The lowest BCUT2D eigenvalue weighted by atomic mass is 9.90. The summed E-state index contributed by atoms with van der Waals surface area (Å²) in [6.45, 7) is 9.46. The van der Waals surface area contributed by atoms with Crippen LogP contribution in [0.3, 0.4) is 0 Å². The van der Waals surface area contributed by atoms with E-state index >= 15 is 0 Å². The first-order valence-corrected chi connectivity index (χ1v) is 7.88. The van der Waals surface area contributed by atoms with Gasteiger partial charge in [-0.15, -0.1) is 0 Å². The fourth-order valence-corrected chi connectivity index (χ4v) is 2.86. The molecule has 0 saturated carbocycles. The van der Waals surface area contributed by atoms with Gasteiger partial charge in [-0.3, -0.25) is 4.79 Å². The van der Waals surface area contributed by atoms with Gasteiger partial charge in [-0.1, -0.05) is 20.8 Å². The molecule has 1 unspecified atom stereocenters. The van der Waals surface area contributed by atoms with Crippen LogP contribution < -0.4 is 10.6 Å². The van der Waals surface area contributed by atoms with Crippen molar-refractivity contribution in [3.63, 3.8) is 0 Å². The summed E-state index contributed by atoms with van der Waals surface area (Å²) in [6.07, 6.45) is 1.49. The fraction of sp³-hybridized carbons (Fsp3) is 0.588. The van der Waals surface area contributed by atoms with Crippen molar-refractivity contribution < 1.29 is 9.53 Å². The first-order chi connectivity index (χ1) is 10.1. The first kappa shape index (κ1) is 15.8. The van der Waals surface area contributed by atoms with E-state index in [-0.39, 0.29) is 5.78 Å². The molecular formula is C17H26N2O2. The SMILES string of the molecule is CCC(=O)c1ccc(N2CCOCC2)c(C(C)CC)c1N. The third-order valence-corrected chi connectivity index (χ3v) is 4.34. The third kappa shape index (κ3) is 3.21. The second kappa shape index (κ2) is 6.94. The number of Topliss-reactive ketones (excluding diaryl/α,β-unsaturated/α-hetero) is 1. The molecule has 1 aromatic carbocycles. The molecular weight excluding hydrogens is 264 g/mol. The summed E-state index contributed by atoms with van der Waals surface area (Å²) < 4.78 is 5.43. The van der Waals surface area contributed by atoms with Crippen LogP contribution in [0.4, 0.5) is 11.4 Å². The van der Waals surface area contributed by atoms with Crippen molar-refractivity contribution in [2.24, 2.45) is 0 Å². The average molecular weight is 290 g/mol. The van der Waals surface area contributed by atoms with Gasteiger partial charge in [-0.05, 0) is 24.5 Å². The normalized spacial score (nSPS) is 16.8.